The Morgan fingerprint density at radius 1 is 1.35 bits per heavy atom. The topological polar surface area (TPSA) is 51.6 Å². The smallest absolute Gasteiger partial charge is 0.182 e. The number of hydrogen-bond acceptors (Lipinski definition) is 4. The number of aromatic nitrogens is 1. The Hall–Kier alpha value is -1.29. The highest BCUT2D eigenvalue weighted by atomic mass is 16.5. The molecule has 0 radical (unpaired) electrons. The second-order valence-electron chi connectivity index (χ2n) is 4.11. The first kappa shape index (κ1) is 13.8. The summed E-state index contributed by atoms with van der Waals surface area (Å²) in [4.78, 5) is 4.31. The zero-order valence-corrected chi connectivity index (χ0v) is 10.9. The van der Waals surface area contributed by atoms with Crippen LogP contribution in [0.4, 0.5) is 0 Å². The molecule has 0 aliphatic rings. The largest absolute Gasteiger partial charge is 0.493 e. The Balaban J connectivity index is 2.97. The summed E-state index contributed by atoms with van der Waals surface area (Å²) in [7, 11) is 3.21. The zero-order chi connectivity index (χ0) is 12.8. The van der Waals surface area contributed by atoms with Crippen molar-refractivity contribution in [3.05, 3.63) is 18.0 Å². The summed E-state index contributed by atoms with van der Waals surface area (Å²) >= 11 is 0. The van der Waals surface area contributed by atoms with Crippen molar-refractivity contribution >= 4 is 0 Å². The van der Waals surface area contributed by atoms with E-state index in [-0.39, 0.29) is 12.0 Å². The summed E-state index contributed by atoms with van der Waals surface area (Å²) in [5, 5.41) is 9.66. The van der Waals surface area contributed by atoms with Gasteiger partial charge in [0.05, 0.1) is 26.0 Å². The molecule has 4 nitrogen and oxygen atoms in total. The molecule has 2 unspecified atom stereocenters. The first-order chi connectivity index (χ1) is 8.13. The van der Waals surface area contributed by atoms with E-state index in [4.69, 9.17) is 9.47 Å². The van der Waals surface area contributed by atoms with Gasteiger partial charge in [0, 0.05) is 12.3 Å². The van der Waals surface area contributed by atoms with Gasteiger partial charge in [-0.15, -0.1) is 0 Å². The van der Waals surface area contributed by atoms with Crippen LogP contribution in [0.1, 0.15) is 26.0 Å². The van der Waals surface area contributed by atoms with E-state index < -0.39 is 0 Å². The molecule has 1 aromatic rings. The van der Waals surface area contributed by atoms with Gasteiger partial charge in [-0.3, -0.25) is 4.98 Å². The van der Waals surface area contributed by atoms with Gasteiger partial charge in [0.15, 0.2) is 11.5 Å². The molecule has 17 heavy (non-hydrogen) atoms. The quantitative estimate of drug-likeness (QED) is 0.825. The average Bonchev–Trinajstić information content (AvgIpc) is 2.34. The Kier molecular flexibility index (Phi) is 5.22. The van der Waals surface area contributed by atoms with Crippen molar-refractivity contribution in [2.45, 2.75) is 32.8 Å². The number of rotatable bonds is 6. The van der Waals surface area contributed by atoms with E-state index in [1.54, 1.807) is 33.4 Å². The second kappa shape index (κ2) is 6.45. The molecule has 1 rings (SSSR count). The van der Waals surface area contributed by atoms with Crippen molar-refractivity contribution in [1.29, 1.82) is 0 Å². The predicted molar refractivity (Wildman–Crippen MR) is 66.5 cm³/mol. The number of aliphatic hydroxyl groups is 1. The number of methoxy groups -OCH3 is 2. The number of hydrogen-bond donors (Lipinski definition) is 1. The van der Waals surface area contributed by atoms with Gasteiger partial charge in [0.25, 0.3) is 0 Å². The van der Waals surface area contributed by atoms with Crippen LogP contribution in [0.25, 0.3) is 0 Å². The van der Waals surface area contributed by atoms with Gasteiger partial charge < -0.3 is 14.6 Å². The van der Waals surface area contributed by atoms with Crippen LogP contribution in [-0.2, 0) is 6.42 Å². The molecule has 0 amide bonds. The van der Waals surface area contributed by atoms with E-state index >= 15 is 0 Å². The summed E-state index contributed by atoms with van der Waals surface area (Å²) in [5.74, 6) is 1.52. The van der Waals surface area contributed by atoms with Crippen LogP contribution in [0.5, 0.6) is 11.5 Å². The Morgan fingerprint density at radius 3 is 2.53 bits per heavy atom. The monoisotopic (exact) mass is 239 g/mol. The first-order valence-corrected chi connectivity index (χ1v) is 5.87. The number of aliphatic hydroxyl groups excluding tert-OH is 1. The lowest BCUT2D eigenvalue weighted by Crippen LogP contribution is -2.19. The standard InChI is InChI=1S/C13H21NO3/c1-5-10(9(2)15)8-11-13(17-4)12(16-3)6-7-14-11/h6-7,9-10,15H,5,8H2,1-4H3. The van der Waals surface area contributed by atoms with Crippen molar-refractivity contribution in [2.75, 3.05) is 14.2 Å². The molecule has 0 bridgehead atoms. The molecule has 96 valence electrons. The third-order valence-corrected chi connectivity index (χ3v) is 3.03. The van der Waals surface area contributed by atoms with E-state index in [0.717, 1.165) is 12.1 Å². The molecule has 0 fully saturated rings. The van der Waals surface area contributed by atoms with E-state index in [1.807, 2.05) is 0 Å². The van der Waals surface area contributed by atoms with E-state index in [9.17, 15) is 5.11 Å². The normalized spacial score (nSPS) is 14.2. The van der Waals surface area contributed by atoms with Gasteiger partial charge in [-0.25, -0.2) is 0 Å². The summed E-state index contributed by atoms with van der Waals surface area (Å²) in [6, 6.07) is 1.77. The Bertz CT molecular complexity index is 353. The van der Waals surface area contributed by atoms with Crippen LogP contribution >= 0.6 is 0 Å². The van der Waals surface area contributed by atoms with E-state index in [2.05, 4.69) is 11.9 Å². The highest BCUT2D eigenvalue weighted by Crippen LogP contribution is 2.31. The van der Waals surface area contributed by atoms with Crippen molar-refractivity contribution in [1.82, 2.24) is 4.98 Å². The molecule has 1 aromatic heterocycles. The molecule has 0 spiro atoms. The summed E-state index contributed by atoms with van der Waals surface area (Å²) in [6.45, 7) is 3.87. The van der Waals surface area contributed by atoms with Gasteiger partial charge in [-0.2, -0.15) is 0 Å². The molecule has 1 heterocycles. The van der Waals surface area contributed by atoms with Crippen LogP contribution in [-0.4, -0.2) is 30.4 Å². The fraction of sp³-hybridized carbons (Fsp3) is 0.615. The maximum Gasteiger partial charge on any atom is 0.182 e. The van der Waals surface area contributed by atoms with Crippen molar-refractivity contribution < 1.29 is 14.6 Å². The predicted octanol–water partition coefficient (Wildman–Crippen LogP) is 2.05. The van der Waals surface area contributed by atoms with Gasteiger partial charge >= 0.3 is 0 Å². The van der Waals surface area contributed by atoms with Gasteiger partial charge in [-0.05, 0) is 19.3 Å². The number of nitrogens with zero attached hydrogens (tertiary/aromatic N) is 1. The lowest BCUT2D eigenvalue weighted by Gasteiger charge is -2.19. The molecular formula is C13H21NO3. The molecule has 0 aliphatic carbocycles. The van der Waals surface area contributed by atoms with Crippen molar-refractivity contribution in [3.63, 3.8) is 0 Å². The van der Waals surface area contributed by atoms with E-state index in [1.165, 1.54) is 0 Å². The molecular weight excluding hydrogens is 218 g/mol. The third kappa shape index (κ3) is 3.33. The van der Waals surface area contributed by atoms with Gasteiger partial charge in [-0.1, -0.05) is 13.3 Å². The average molecular weight is 239 g/mol. The molecule has 4 heteroatoms. The van der Waals surface area contributed by atoms with Crippen molar-refractivity contribution in [3.8, 4) is 11.5 Å². The van der Waals surface area contributed by atoms with Crippen LogP contribution in [0, 0.1) is 5.92 Å². The minimum absolute atomic E-state index is 0.184. The SMILES string of the molecule is CCC(Cc1nccc(OC)c1OC)C(C)O. The lowest BCUT2D eigenvalue weighted by molar-refractivity contribution is 0.122. The maximum absolute atomic E-state index is 9.66. The second-order valence-corrected chi connectivity index (χ2v) is 4.11. The minimum atomic E-state index is -0.349. The number of pyridine rings is 1. The van der Waals surface area contributed by atoms with Crippen LogP contribution in [0.2, 0.25) is 0 Å². The van der Waals surface area contributed by atoms with Crippen LogP contribution < -0.4 is 9.47 Å². The molecule has 0 saturated heterocycles. The minimum Gasteiger partial charge on any atom is -0.493 e. The first-order valence-electron chi connectivity index (χ1n) is 5.87. The fourth-order valence-electron chi connectivity index (χ4n) is 1.90. The highest BCUT2D eigenvalue weighted by molar-refractivity contribution is 5.42. The molecule has 0 aliphatic heterocycles. The summed E-state index contributed by atoms with van der Waals surface area (Å²) in [5.41, 5.74) is 0.833. The Morgan fingerprint density at radius 2 is 2.06 bits per heavy atom. The maximum atomic E-state index is 9.66. The van der Waals surface area contributed by atoms with Crippen molar-refractivity contribution in [2.24, 2.45) is 5.92 Å². The molecule has 0 aromatic carbocycles. The summed E-state index contributed by atoms with van der Waals surface area (Å²) in [6.07, 6.45) is 2.94. The summed E-state index contributed by atoms with van der Waals surface area (Å²) < 4.78 is 10.5. The van der Waals surface area contributed by atoms with Gasteiger partial charge in [0.2, 0.25) is 0 Å². The Labute approximate surface area is 103 Å². The number of ether oxygens (including phenoxy) is 2. The lowest BCUT2D eigenvalue weighted by atomic mass is 9.94. The van der Waals surface area contributed by atoms with Crippen LogP contribution in [0.3, 0.4) is 0 Å². The van der Waals surface area contributed by atoms with Gasteiger partial charge in [0.1, 0.15) is 0 Å². The third-order valence-electron chi connectivity index (χ3n) is 3.03. The zero-order valence-electron chi connectivity index (χ0n) is 10.9. The van der Waals surface area contributed by atoms with E-state index in [0.29, 0.717) is 17.9 Å². The molecule has 0 saturated carbocycles. The highest BCUT2D eigenvalue weighted by Gasteiger charge is 2.18. The fourth-order valence-corrected chi connectivity index (χ4v) is 1.90. The molecule has 2 atom stereocenters. The van der Waals surface area contributed by atoms with Crippen LogP contribution in [0.15, 0.2) is 12.3 Å². The molecule has 1 N–H and O–H groups in total.